The number of fused-ring (bicyclic) bond motifs is 3. The number of carbonyl (C=O) groups is 4. The van der Waals surface area contributed by atoms with Gasteiger partial charge in [0.05, 0.1) is 17.6 Å². The molecule has 4 unspecified atom stereocenters. The third-order valence-corrected chi connectivity index (χ3v) is 7.97. The van der Waals surface area contributed by atoms with Gasteiger partial charge in [-0.2, -0.15) is 0 Å². The molecule has 190 valence electrons. The van der Waals surface area contributed by atoms with Gasteiger partial charge in [-0.05, 0) is 50.0 Å². The van der Waals surface area contributed by atoms with E-state index in [-0.39, 0.29) is 30.2 Å². The van der Waals surface area contributed by atoms with Gasteiger partial charge in [0.25, 0.3) is 0 Å². The van der Waals surface area contributed by atoms with E-state index in [1.807, 2.05) is 13.8 Å². The van der Waals surface area contributed by atoms with E-state index in [2.05, 4.69) is 5.32 Å². The Bertz CT molecular complexity index is 1100. The zero-order valence-corrected chi connectivity index (χ0v) is 20.3. The first-order valence-electron chi connectivity index (χ1n) is 11.9. The molecule has 10 heteroatoms. The number of primary amides is 1. The molecule has 10 nitrogen and oxygen atoms in total. The van der Waals surface area contributed by atoms with E-state index >= 15 is 0 Å². The second-order valence-electron chi connectivity index (χ2n) is 10.6. The first-order chi connectivity index (χ1) is 16.3. The van der Waals surface area contributed by atoms with Crippen LogP contribution in [0.5, 0.6) is 5.75 Å². The molecular formula is C25H33N3O7. The van der Waals surface area contributed by atoms with Crippen molar-refractivity contribution in [3.05, 3.63) is 28.8 Å². The van der Waals surface area contributed by atoms with Gasteiger partial charge in [-0.15, -0.1) is 0 Å². The maximum Gasteiger partial charge on any atom is 0.230 e. The zero-order chi connectivity index (χ0) is 26.0. The summed E-state index contributed by atoms with van der Waals surface area (Å²) in [4.78, 5) is 54.3. The van der Waals surface area contributed by atoms with Gasteiger partial charge in [0.2, 0.25) is 5.91 Å². The van der Waals surface area contributed by atoms with Gasteiger partial charge >= 0.3 is 0 Å². The Morgan fingerprint density at radius 2 is 1.89 bits per heavy atom. The van der Waals surface area contributed by atoms with Gasteiger partial charge < -0.3 is 31.3 Å². The SMILES string of the molecule is CC(C)NCc1ccc(O)c2c1C[C@@H]1C[C@@H]3C(N(C)C)C(O)C(C(N)=O)C(=O)[C@]3(O)C(=O)C1C2=O. The molecule has 0 aromatic heterocycles. The quantitative estimate of drug-likeness (QED) is 0.332. The standard InChI is InChI=1S/C25H33N3O7/c1-10(2)27-9-11-5-6-15(29)17-13(11)7-12-8-14-19(28(3)4)21(31)18(24(26)34)23(33)25(14,35)22(32)16(12)20(17)30/h5-6,10,12,14,16,18-19,21,27,29,31,35H,7-9H2,1-4H3,(H2,26,34)/t12-,14-,16?,18?,19?,21?,25-/m1/s1. The molecule has 4 rings (SSSR count). The molecule has 1 aromatic rings. The topological polar surface area (TPSA) is 170 Å². The second-order valence-corrected chi connectivity index (χ2v) is 10.6. The second kappa shape index (κ2) is 8.77. The molecular weight excluding hydrogens is 454 g/mol. The summed E-state index contributed by atoms with van der Waals surface area (Å²) in [6.07, 6.45) is -1.12. The van der Waals surface area contributed by atoms with E-state index in [1.165, 1.54) is 6.07 Å². The average molecular weight is 488 g/mol. The number of nitrogens with one attached hydrogen (secondary N) is 1. The minimum absolute atomic E-state index is 0.0311. The number of amides is 1. The number of benzene rings is 1. The number of ketones is 3. The van der Waals surface area contributed by atoms with Crippen LogP contribution >= 0.6 is 0 Å². The van der Waals surface area contributed by atoms with Crippen molar-refractivity contribution in [1.29, 1.82) is 0 Å². The Morgan fingerprint density at radius 3 is 2.46 bits per heavy atom. The third kappa shape index (κ3) is 3.70. The van der Waals surface area contributed by atoms with Crippen molar-refractivity contribution in [3.63, 3.8) is 0 Å². The van der Waals surface area contributed by atoms with E-state index in [4.69, 9.17) is 5.73 Å². The summed E-state index contributed by atoms with van der Waals surface area (Å²) in [5, 5.41) is 36.3. The smallest absolute Gasteiger partial charge is 0.230 e. The molecule has 35 heavy (non-hydrogen) atoms. The molecule has 0 spiro atoms. The van der Waals surface area contributed by atoms with Crippen molar-refractivity contribution in [3.8, 4) is 5.75 Å². The largest absolute Gasteiger partial charge is 0.507 e. The van der Waals surface area contributed by atoms with Gasteiger partial charge in [-0.25, -0.2) is 0 Å². The van der Waals surface area contributed by atoms with Gasteiger partial charge in [0.1, 0.15) is 11.7 Å². The Balaban J connectivity index is 1.82. The van der Waals surface area contributed by atoms with Crippen LogP contribution in [-0.2, 0) is 27.3 Å². The Hall–Kier alpha value is -2.66. The highest BCUT2D eigenvalue weighted by Crippen LogP contribution is 2.51. The lowest BCUT2D eigenvalue weighted by atomic mass is 9.52. The maximum atomic E-state index is 13.8. The van der Waals surface area contributed by atoms with Crippen LogP contribution in [0.2, 0.25) is 0 Å². The number of Topliss-reactive ketones (excluding diaryl/α,β-unsaturated/α-hetero) is 3. The fourth-order valence-corrected chi connectivity index (χ4v) is 6.37. The number of rotatable bonds is 5. The van der Waals surface area contributed by atoms with Crippen LogP contribution in [0.15, 0.2) is 12.1 Å². The number of hydrogen-bond acceptors (Lipinski definition) is 9. The number of nitrogens with zero attached hydrogens (tertiary/aromatic N) is 1. The fourth-order valence-electron chi connectivity index (χ4n) is 6.37. The molecule has 3 aliphatic carbocycles. The monoisotopic (exact) mass is 487 g/mol. The minimum atomic E-state index is -2.64. The van der Waals surface area contributed by atoms with Crippen LogP contribution < -0.4 is 11.1 Å². The predicted octanol–water partition coefficient (Wildman–Crippen LogP) is -0.843. The fraction of sp³-hybridized carbons (Fsp3) is 0.600. The number of aromatic hydroxyl groups is 1. The molecule has 1 amide bonds. The lowest BCUT2D eigenvalue weighted by Crippen LogP contribution is -2.75. The lowest BCUT2D eigenvalue weighted by molar-refractivity contribution is -0.190. The highest BCUT2D eigenvalue weighted by Gasteiger charge is 2.69. The van der Waals surface area contributed by atoms with Crippen LogP contribution in [-0.4, -0.2) is 81.4 Å². The highest BCUT2D eigenvalue weighted by atomic mass is 16.3. The minimum Gasteiger partial charge on any atom is -0.507 e. The van der Waals surface area contributed by atoms with Crippen molar-refractivity contribution in [1.82, 2.24) is 10.2 Å². The van der Waals surface area contributed by atoms with Gasteiger partial charge in [0.15, 0.2) is 23.0 Å². The molecule has 1 aromatic carbocycles. The Morgan fingerprint density at radius 1 is 1.23 bits per heavy atom. The number of aliphatic hydroxyl groups is 2. The molecule has 0 radical (unpaired) electrons. The number of hydrogen-bond donors (Lipinski definition) is 5. The average Bonchev–Trinajstić information content (AvgIpc) is 2.75. The number of carbonyl (C=O) groups excluding carboxylic acids is 4. The predicted molar refractivity (Wildman–Crippen MR) is 124 cm³/mol. The number of phenolic OH excluding ortho intramolecular Hbond substituents is 1. The van der Waals surface area contributed by atoms with Gasteiger partial charge in [-0.1, -0.05) is 19.9 Å². The summed E-state index contributed by atoms with van der Waals surface area (Å²) in [6.45, 7) is 4.44. The van der Waals surface area contributed by atoms with Crippen molar-refractivity contribution in [2.45, 2.75) is 57.0 Å². The summed E-state index contributed by atoms with van der Waals surface area (Å²) in [5.41, 5.74) is 4.23. The first kappa shape index (κ1) is 25.4. The van der Waals surface area contributed by atoms with Crippen molar-refractivity contribution in [2.75, 3.05) is 14.1 Å². The third-order valence-electron chi connectivity index (χ3n) is 7.97. The molecule has 0 aliphatic heterocycles. The van der Waals surface area contributed by atoms with Crippen molar-refractivity contribution < 1.29 is 34.5 Å². The molecule has 0 bridgehead atoms. The molecule has 7 atom stereocenters. The Kier molecular flexibility index (Phi) is 6.38. The highest BCUT2D eigenvalue weighted by molar-refractivity contribution is 6.25. The summed E-state index contributed by atoms with van der Waals surface area (Å²) < 4.78 is 0. The molecule has 2 saturated carbocycles. The number of nitrogens with two attached hydrogens (primary N) is 1. The van der Waals surface area contributed by atoms with Crippen LogP contribution in [0.1, 0.15) is 41.8 Å². The van der Waals surface area contributed by atoms with Crippen LogP contribution in [0.3, 0.4) is 0 Å². The number of likely N-dealkylation sites (N-methyl/N-ethyl adjacent to an activating group) is 1. The van der Waals surface area contributed by atoms with E-state index < -0.39 is 64.7 Å². The van der Waals surface area contributed by atoms with Crippen LogP contribution in [0.4, 0.5) is 0 Å². The van der Waals surface area contributed by atoms with Crippen molar-refractivity contribution >= 4 is 23.3 Å². The molecule has 0 saturated heterocycles. The number of phenols is 1. The molecule has 2 fully saturated rings. The summed E-state index contributed by atoms with van der Waals surface area (Å²) >= 11 is 0. The number of aliphatic hydroxyl groups excluding tert-OH is 1. The zero-order valence-electron chi connectivity index (χ0n) is 20.3. The maximum absolute atomic E-state index is 13.8. The van der Waals surface area contributed by atoms with Gasteiger partial charge in [-0.3, -0.25) is 19.2 Å². The van der Waals surface area contributed by atoms with Crippen molar-refractivity contribution in [2.24, 2.45) is 29.4 Å². The molecule has 3 aliphatic rings. The van der Waals surface area contributed by atoms with E-state index in [9.17, 15) is 34.5 Å². The van der Waals surface area contributed by atoms with E-state index in [0.29, 0.717) is 12.1 Å². The first-order valence-corrected chi connectivity index (χ1v) is 11.9. The lowest BCUT2D eigenvalue weighted by Gasteiger charge is -2.54. The summed E-state index contributed by atoms with van der Waals surface area (Å²) in [5.74, 6) is -8.91. The van der Waals surface area contributed by atoms with Crippen LogP contribution in [0, 0.1) is 23.7 Å². The molecule has 6 N–H and O–H groups in total. The normalized spacial score (nSPS) is 34.6. The molecule has 0 heterocycles. The van der Waals surface area contributed by atoms with E-state index in [1.54, 1.807) is 25.1 Å². The summed E-state index contributed by atoms with van der Waals surface area (Å²) in [7, 11) is 3.24. The summed E-state index contributed by atoms with van der Waals surface area (Å²) in [6, 6.07) is 2.42. The van der Waals surface area contributed by atoms with Crippen LogP contribution in [0.25, 0.3) is 0 Å². The van der Waals surface area contributed by atoms with E-state index in [0.717, 1.165) is 5.56 Å². The van der Waals surface area contributed by atoms with Gasteiger partial charge in [0, 0.05) is 24.5 Å². The Labute approximate surface area is 203 Å².